The minimum Gasteiger partial charge on any atom is -0.323 e. The van der Waals surface area contributed by atoms with E-state index in [4.69, 9.17) is 4.98 Å². The molecule has 1 aromatic heterocycles. The van der Waals surface area contributed by atoms with E-state index < -0.39 is 0 Å². The number of imidazole rings is 1. The van der Waals surface area contributed by atoms with Gasteiger partial charge in [-0.2, -0.15) is 0 Å². The van der Waals surface area contributed by atoms with Crippen LogP contribution in [-0.4, -0.2) is 9.55 Å². The van der Waals surface area contributed by atoms with Crippen molar-refractivity contribution in [1.82, 2.24) is 9.55 Å². The number of fused-ring (bicyclic) bond motifs is 1. The van der Waals surface area contributed by atoms with Crippen LogP contribution in [0.25, 0.3) is 11.0 Å². The van der Waals surface area contributed by atoms with Gasteiger partial charge in [0.1, 0.15) is 5.82 Å². The molecule has 0 saturated heterocycles. The molecule has 0 amide bonds. The lowest BCUT2D eigenvalue weighted by molar-refractivity contribution is 0.679. The van der Waals surface area contributed by atoms with Crippen LogP contribution in [0, 0.1) is 27.7 Å². The highest BCUT2D eigenvalue weighted by atomic mass is 15.1. The number of para-hydroxylation sites is 2. The third-order valence-electron chi connectivity index (χ3n) is 5.04. The fourth-order valence-corrected chi connectivity index (χ4v) is 3.39. The van der Waals surface area contributed by atoms with Crippen molar-refractivity contribution in [3.63, 3.8) is 0 Å². The maximum Gasteiger partial charge on any atom is 0.112 e. The molecule has 0 bridgehead atoms. The van der Waals surface area contributed by atoms with Gasteiger partial charge in [-0.25, -0.2) is 4.98 Å². The van der Waals surface area contributed by atoms with Crippen LogP contribution >= 0.6 is 0 Å². The zero-order chi connectivity index (χ0) is 16.7. The molecule has 0 aliphatic rings. The maximum absolute atomic E-state index is 4.88. The number of benzene rings is 2. The maximum atomic E-state index is 4.88. The fourth-order valence-electron chi connectivity index (χ4n) is 3.39. The Hall–Kier alpha value is -2.09. The molecule has 3 rings (SSSR count). The standard InChI is InChI=1S/C21H26N2/c1-13(2)21-22-19-9-7-8-10-20(19)23(21)12-18-16(5)14(3)11-15(4)17(18)6/h7-11,13H,12H2,1-6H3. The molecule has 3 aromatic rings. The summed E-state index contributed by atoms with van der Waals surface area (Å²) in [7, 11) is 0. The van der Waals surface area contributed by atoms with Crippen LogP contribution in [0.4, 0.5) is 0 Å². The molecule has 0 N–H and O–H groups in total. The Morgan fingerprint density at radius 2 is 1.57 bits per heavy atom. The molecule has 0 spiro atoms. The zero-order valence-electron chi connectivity index (χ0n) is 15.1. The van der Waals surface area contributed by atoms with E-state index in [-0.39, 0.29) is 0 Å². The number of hydrogen-bond donors (Lipinski definition) is 0. The number of nitrogens with zero attached hydrogens (tertiary/aromatic N) is 2. The molecule has 1 heterocycles. The van der Waals surface area contributed by atoms with E-state index in [1.165, 1.54) is 39.2 Å². The molecule has 0 aliphatic heterocycles. The first kappa shape index (κ1) is 15.8. The zero-order valence-corrected chi connectivity index (χ0v) is 15.1. The lowest BCUT2D eigenvalue weighted by Crippen LogP contribution is -2.10. The second-order valence-corrected chi connectivity index (χ2v) is 6.94. The molecule has 0 aliphatic carbocycles. The Kier molecular flexibility index (Phi) is 4.01. The van der Waals surface area contributed by atoms with Crippen molar-refractivity contribution in [2.45, 2.75) is 54.0 Å². The topological polar surface area (TPSA) is 17.8 Å². The second-order valence-electron chi connectivity index (χ2n) is 6.94. The fraction of sp³-hybridized carbons (Fsp3) is 0.381. The van der Waals surface area contributed by atoms with Crippen LogP contribution < -0.4 is 0 Å². The van der Waals surface area contributed by atoms with E-state index in [9.17, 15) is 0 Å². The van der Waals surface area contributed by atoms with Crippen LogP contribution in [0.5, 0.6) is 0 Å². The first-order chi connectivity index (χ1) is 10.9. The summed E-state index contributed by atoms with van der Waals surface area (Å²) in [5.74, 6) is 1.58. The summed E-state index contributed by atoms with van der Waals surface area (Å²) in [6.07, 6.45) is 0. The van der Waals surface area contributed by atoms with E-state index in [1.807, 2.05) is 0 Å². The van der Waals surface area contributed by atoms with Crippen molar-refractivity contribution < 1.29 is 0 Å². The van der Waals surface area contributed by atoms with Crippen LogP contribution in [0.15, 0.2) is 30.3 Å². The minimum atomic E-state index is 0.411. The molecule has 0 saturated carbocycles. The van der Waals surface area contributed by atoms with Crippen molar-refractivity contribution in [3.8, 4) is 0 Å². The quantitative estimate of drug-likeness (QED) is 0.630. The van der Waals surface area contributed by atoms with E-state index >= 15 is 0 Å². The Morgan fingerprint density at radius 1 is 0.957 bits per heavy atom. The summed E-state index contributed by atoms with van der Waals surface area (Å²) in [5, 5.41) is 0. The minimum absolute atomic E-state index is 0.411. The summed E-state index contributed by atoms with van der Waals surface area (Å²) in [6.45, 7) is 14.2. The van der Waals surface area contributed by atoms with Crippen LogP contribution in [0.3, 0.4) is 0 Å². The van der Waals surface area contributed by atoms with Crippen LogP contribution in [0.2, 0.25) is 0 Å². The predicted molar refractivity (Wildman–Crippen MR) is 98.3 cm³/mol. The molecule has 2 heteroatoms. The van der Waals surface area contributed by atoms with E-state index in [0.29, 0.717) is 5.92 Å². The highest BCUT2D eigenvalue weighted by Crippen LogP contribution is 2.27. The van der Waals surface area contributed by atoms with Gasteiger partial charge in [-0.05, 0) is 67.6 Å². The van der Waals surface area contributed by atoms with E-state index in [0.717, 1.165) is 12.1 Å². The van der Waals surface area contributed by atoms with Crippen molar-refractivity contribution in [2.24, 2.45) is 0 Å². The Morgan fingerprint density at radius 3 is 2.17 bits per heavy atom. The van der Waals surface area contributed by atoms with Gasteiger partial charge in [0.25, 0.3) is 0 Å². The second kappa shape index (κ2) is 5.84. The highest BCUT2D eigenvalue weighted by Gasteiger charge is 2.16. The molecular weight excluding hydrogens is 280 g/mol. The first-order valence-electron chi connectivity index (χ1n) is 8.41. The number of rotatable bonds is 3. The summed E-state index contributed by atoms with van der Waals surface area (Å²) in [4.78, 5) is 4.88. The molecule has 0 unspecified atom stereocenters. The van der Waals surface area contributed by atoms with Gasteiger partial charge in [-0.3, -0.25) is 0 Å². The lowest BCUT2D eigenvalue weighted by Gasteiger charge is -2.18. The van der Waals surface area contributed by atoms with Crippen molar-refractivity contribution in [2.75, 3.05) is 0 Å². The molecule has 0 fully saturated rings. The molecule has 120 valence electrons. The number of hydrogen-bond acceptors (Lipinski definition) is 1. The SMILES string of the molecule is Cc1cc(C)c(C)c(Cn2c(C(C)C)nc3ccccc32)c1C. The third kappa shape index (κ3) is 2.67. The monoisotopic (exact) mass is 306 g/mol. The average molecular weight is 306 g/mol. The number of aryl methyl sites for hydroxylation is 2. The summed E-state index contributed by atoms with van der Waals surface area (Å²) >= 11 is 0. The van der Waals surface area contributed by atoms with Crippen LogP contribution in [0.1, 0.15) is 53.4 Å². The predicted octanol–water partition coefficient (Wildman–Crippen LogP) is 5.44. The molecule has 0 atom stereocenters. The van der Waals surface area contributed by atoms with Crippen molar-refractivity contribution in [3.05, 3.63) is 64.0 Å². The summed E-state index contributed by atoms with van der Waals surface area (Å²) < 4.78 is 2.40. The Balaban J connectivity index is 2.21. The van der Waals surface area contributed by atoms with Gasteiger partial charge in [0, 0.05) is 12.5 Å². The average Bonchev–Trinajstić information content (AvgIpc) is 2.88. The number of aromatic nitrogens is 2. The van der Waals surface area contributed by atoms with Gasteiger partial charge >= 0.3 is 0 Å². The van der Waals surface area contributed by atoms with Gasteiger partial charge in [0.05, 0.1) is 11.0 Å². The normalized spacial score (nSPS) is 11.6. The van der Waals surface area contributed by atoms with Crippen LogP contribution in [-0.2, 0) is 6.54 Å². The largest absolute Gasteiger partial charge is 0.323 e. The molecular formula is C21H26N2. The Labute approximate surface area is 139 Å². The van der Waals surface area contributed by atoms with E-state index in [2.05, 4.69) is 76.4 Å². The molecule has 23 heavy (non-hydrogen) atoms. The third-order valence-corrected chi connectivity index (χ3v) is 5.04. The summed E-state index contributed by atoms with van der Waals surface area (Å²) in [5.41, 5.74) is 9.32. The van der Waals surface area contributed by atoms with Gasteiger partial charge in [0.15, 0.2) is 0 Å². The van der Waals surface area contributed by atoms with Gasteiger partial charge < -0.3 is 4.57 Å². The molecule has 0 radical (unpaired) electrons. The van der Waals surface area contributed by atoms with Gasteiger partial charge in [-0.1, -0.05) is 32.0 Å². The van der Waals surface area contributed by atoms with Gasteiger partial charge in [-0.15, -0.1) is 0 Å². The summed E-state index contributed by atoms with van der Waals surface area (Å²) in [6, 6.07) is 10.8. The lowest BCUT2D eigenvalue weighted by atomic mass is 9.94. The molecule has 2 aromatic carbocycles. The highest BCUT2D eigenvalue weighted by molar-refractivity contribution is 5.76. The van der Waals surface area contributed by atoms with E-state index in [1.54, 1.807) is 0 Å². The van der Waals surface area contributed by atoms with Crippen molar-refractivity contribution >= 4 is 11.0 Å². The molecule has 2 nitrogen and oxygen atoms in total. The first-order valence-corrected chi connectivity index (χ1v) is 8.41. The Bertz CT molecular complexity index is 843. The van der Waals surface area contributed by atoms with Gasteiger partial charge in [0.2, 0.25) is 0 Å². The van der Waals surface area contributed by atoms with Crippen molar-refractivity contribution in [1.29, 1.82) is 0 Å². The smallest absolute Gasteiger partial charge is 0.112 e.